The average Bonchev–Trinajstić information content (AvgIpc) is 2.75. The summed E-state index contributed by atoms with van der Waals surface area (Å²) in [6, 6.07) is 7.22. The topological polar surface area (TPSA) is 61.9 Å². The van der Waals surface area contributed by atoms with Crippen LogP contribution in [0.15, 0.2) is 24.3 Å². The Morgan fingerprint density at radius 3 is 2.34 bits per heavy atom. The van der Waals surface area contributed by atoms with Crippen molar-refractivity contribution in [2.45, 2.75) is 58.4 Å². The number of piperazine rings is 1. The molecule has 1 aliphatic heterocycles. The molecule has 1 unspecified atom stereocenters. The number of anilines is 1. The maximum Gasteiger partial charge on any atom is 0.241 e. The van der Waals surface area contributed by atoms with Crippen LogP contribution in [0.1, 0.15) is 52.4 Å². The van der Waals surface area contributed by atoms with Crippen LogP contribution in [0, 0.1) is 5.92 Å². The molecule has 6 heteroatoms. The summed E-state index contributed by atoms with van der Waals surface area (Å²) in [5.74, 6) is 1.65. The molecule has 1 aromatic rings. The summed E-state index contributed by atoms with van der Waals surface area (Å²) in [6.07, 6.45) is 6.97. The van der Waals surface area contributed by atoms with Gasteiger partial charge in [-0.2, -0.15) is 0 Å². The Bertz CT molecular complexity index is 662. The molecule has 1 saturated heterocycles. The normalized spacial score (nSPS) is 19.6. The highest BCUT2D eigenvalue weighted by atomic mass is 16.5. The number of nitrogens with one attached hydrogen (secondary N) is 1. The fourth-order valence-corrected chi connectivity index (χ4v) is 4.34. The number of amides is 2. The molecule has 29 heavy (non-hydrogen) atoms. The Morgan fingerprint density at radius 2 is 1.72 bits per heavy atom. The lowest BCUT2D eigenvalue weighted by Gasteiger charge is -2.38. The van der Waals surface area contributed by atoms with Crippen LogP contribution < -0.4 is 10.1 Å². The number of hydrogen-bond donors (Lipinski definition) is 1. The molecule has 2 amide bonds. The summed E-state index contributed by atoms with van der Waals surface area (Å²) in [5.41, 5.74) is 0.770. The predicted molar refractivity (Wildman–Crippen MR) is 115 cm³/mol. The van der Waals surface area contributed by atoms with Gasteiger partial charge in [0.1, 0.15) is 5.75 Å². The van der Waals surface area contributed by atoms with Crippen molar-refractivity contribution in [1.29, 1.82) is 0 Å². The fourth-order valence-electron chi connectivity index (χ4n) is 4.34. The first-order valence-electron chi connectivity index (χ1n) is 11.1. The zero-order chi connectivity index (χ0) is 20.6. The van der Waals surface area contributed by atoms with Gasteiger partial charge in [-0.3, -0.25) is 14.5 Å². The summed E-state index contributed by atoms with van der Waals surface area (Å²) in [7, 11) is 0. The van der Waals surface area contributed by atoms with Crippen LogP contribution in [0.2, 0.25) is 0 Å². The van der Waals surface area contributed by atoms with Gasteiger partial charge in [-0.05, 0) is 56.9 Å². The van der Waals surface area contributed by atoms with Gasteiger partial charge in [-0.25, -0.2) is 0 Å². The molecule has 2 aliphatic rings. The Labute approximate surface area is 174 Å². The van der Waals surface area contributed by atoms with Gasteiger partial charge in [-0.1, -0.05) is 19.3 Å². The quantitative estimate of drug-likeness (QED) is 0.759. The number of carbonyl (C=O) groups excluding carboxylic acids is 2. The second-order valence-corrected chi connectivity index (χ2v) is 8.25. The molecule has 0 bridgehead atoms. The minimum absolute atomic E-state index is 0.0175. The summed E-state index contributed by atoms with van der Waals surface area (Å²) in [4.78, 5) is 29.4. The standard InChI is InChI=1S/C23H35N3O3/c1-3-29-21-11-9-20(10-12-21)24-23(28)18(2)25-13-15-26(16-14-25)22(27)17-19-7-5-4-6-8-19/h9-12,18-19H,3-8,13-17H2,1-2H3,(H,24,28). The number of benzene rings is 1. The molecule has 1 atom stereocenters. The highest BCUT2D eigenvalue weighted by Crippen LogP contribution is 2.27. The van der Waals surface area contributed by atoms with Gasteiger partial charge in [-0.15, -0.1) is 0 Å². The zero-order valence-corrected chi connectivity index (χ0v) is 17.9. The van der Waals surface area contributed by atoms with E-state index in [1.54, 1.807) is 0 Å². The largest absolute Gasteiger partial charge is 0.494 e. The van der Waals surface area contributed by atoms with E-state index in [-0.39, 0.29) is 11.9 Å². The summed E-state index contributed by atoms with van der Waals surface area (Å²) in [5, 5.41) is 2.98. The Hall–Kier alpha value is -2.08. The second kappa shape index (κ2) is 10.6. The second-order valence-electron chi connectivity index (χ2n) is 8.25. The van der Waals surface area contributed by atoms with Crippen molar-refractivity contribution in [2.75, 3.05) is 38.1 Å². The van der Waals surface area contributed by atoms with Crippen LogP contribution in [-0.4, -0.2) is 60.4 Å². The van der Waals surface area contributed by atoms with Crippen LogP contribution >= 0.6 is 0 Å². The minimum Gasteiger partial charge on any atom is -0.494 e. The van der Waals surface area contributed by atoms with E-state index < -0.39 is 0 Å². The molecule has 1 heterocycles. The van der Waals surface area contributed by atoms with Gasteiger partial charge in [0.15, 0.2) is 0 Å². The molecule has 1 N–H and O–H groups in total. The third kappa shape index (κ3) is 6.20. The van der Waals surface area contributed by atoms with Crippen LogP contribution in [-0.2, 0) is 9.59 Å². The Balaban J connectivity index is 1.43. The molecule has 0 radical (unpaired) electrons. The third-order valence-electron chi connectivity index (χ3n) is 6.22. The molecule has 6 nitrogen and oxygen atoms in total. The molecule has 1 aliphatic carbocycles. The predicted octanol–water partition coefficient (Wildman–Crippen LogP) is 3.53. The maximum absolute atomic E-state index is 12.6. The van der Waals surface area contributed by atoms with E-state index in [4.69, 9.17) is 4.74 Å². The van der Waals surface area contributed by atoms with E-state index in [1.165, 1.54) is 32.1 Å². The van der Waals surface area contributed by atoms with Crippen LogP contribution in [0.5, 0.6) is 5.75 Å². The average molecular weight is 402 g/mol. The fraction of sp³-hybridized carbons (Fsp3) is 0.652. The first-order chi connectivity index (χ1) is 14.1. The van der Waals surface area contributed by atoms with E-state index in [2.05, 4.69) is 10.2 Å². The molecule has 0 spiro atoms. The van der Waals surface area contributed by atoms with Gasteiger partial charge in [0.2, 0.25) is 11.8 Å². The first kappa shape index (κ1) is 21.6. The van der Waals surface area contributed by atoms with Gasteiger partial charge >= 0.3 is 0 Å². The minimum atomic E-state index is -0.225. The molecular formula is C23H35N3O3. The SMILES string of the molecule is CCOc1ccc(NC(=O)C(C)N2CCN(C(=O)CC3CCCCC3)CC2)cc1. The lowest BCUT2D eigenvalue weighted by molar-refractivity contribution is -0.135. The summed E-state index contributed by atoms with van der Waals surface area (Å²) < 4.78 is 5.43. The Morgan fingerprint density at radius 1 is 1.07 bits per heavy atom. The van der Waals surface area contributed by atoms with E-state index in [9.17, 15) is 9.59 Å². The van der Waals surface area contributed by atoms with Crippen LogP contribution in [0.3, 0.4) is 0 Å². The highest BCUT2D eigenvalue weighted by molar-refractivity contribution is 5.94. The van der Waals surface area contributed by atoms with Gasteiger partial charge in [0.05, 0.1) is 12.6 Å². The smallest absolute Gasteiger partial charge is 0.241 e. The summed E-state index contributed by atoms with van der Waals surface area (Å²) in [6.45, 7) is 7.42. The molecule has 2 fully saturated rings. The molecule has 3 rings (SSSR count). The number of ether oxygens (including phenoxy) is 1. The van der Waals surface area contributed by atoms with Crippen molar-refractivity contribution in [1.82, 2.24) is 9.80 Å². The van der Waals surface area contributed by atoms with Crippen molar-refractivity contribution < 1.29 is 14.3 Å². The summed E-state index contributed by atoms with van der Waals surface area (Å²) >= 11 is 0. The molecule has 0 aromatic heterocycles. The van der Waals surface area contributed by atoms with Crippen LogP contribution in [0.4, 0.5) is 5.69 Å². The highest BCUT2D eigenvalue weighted by Gasteiger charge is 2.28. The first-order valence-corrected chi connectivity index (χ1v) is 11.1. The van der Waals surface area contributed by atoms with E-state index in [1.807, 2.05) is 43.0 Å². The number of rotatable bonds is 7. The third-order valence-corrected chi connectivity index (χ3v) is 6.22. The van der Waals surface area contributed by atoms with Crippen molar-refractivity contribution in [3.63, 3.8) is 0 Å². The monoisotopic (exact) mass is 401 g/mol. The zero-order valence-electron chi connectivity index (χ0n) is 17.9. The number of hydrogen-bond acceptors (Lipinski definition) is 4. The van der Waals surface area contributed by atoms with E-state index >= 15 is 0 Å². The molecule has 1 aromatic carbocycles. The number of carbonyl (C=O) groups is 2. The van der Waals surface area contributed by atoms with E-state index in [0.717, 1.165) is 24.5 Å². The van der Waals surface area contributed by atoms with E-state index in [0.29, 0.717) is 37.9 Å². The van der Waals surface area contributed by atoms with Crippen molar-refractivity contribution in [3.05, 3.63) is 24.3 Å². The Kier molecular flexibility index (Phi) is 7.92. The van der Waals surface area contributed by atoms with Gasteiger partial charge < -0.3 is 15.0 Å². The maximum atomic E-state index is 12.6. The number of nitrogens with zero attached hydrogens (tertiary/aromatic N) is 2. The van der Waals surface area contributed by atoms with Crippen LogP contribution in [0.25, 0.3) is 0 Å². The molecular weight excluding hydrogens is 366 g/mol. The van der Waals surface area contributed by atoms with Crippen molar-refractivity contribution in [3.8, 4) is 5.75 Å². The molecule has 160 valence electrons. The van der Waals surface area contributed by atoms with Crippen molar-refractivity contribution >= 4 is 17.5 Å². The molecule has 1 saturated carbocycles. The lowest BCUT2D eigenvalue weighted by Crippen LogP contribution is -2.54. The van der Waals surface area contributed by atoms with Gasteiger partial charge in [0, 0.05) is 38.3 Å². The van der Waals surface area contributed by atoms with Crippen molar-refractivity contribution in [2.24, 2.45) is 5.92 Å². The van der Waals surface area contributed by atoms with Gasteiger partial charge in [0.25, 0.3) is 0 Å². The lowest BCUT2D eigenvalue weighted by atomic mass is 9.86.